The van der Waals surface area contributed by atoms with E-state index >= 15 is 0 Å². The third kappa shape index (κ3) is 2.49. The molecule has 0 unspecified atom stereocenters. The van der Waals surface area contributed by atoms with Crippen LogP contribution in [0.15, 0.2) is 41.1 Å². The zero-order valence-electron chi connectivity index (χ0n) is 9.07. The first-order valence-corrected chi connectivity index (χ1v) is 6.06. The van der Waals surface area contributed by atoms with Crippen molar-refractivity contribution in [3.05, 3.63) is 57.8 Å². The average molecular weight is 231 g/mol. The molecule has 0 saturated heterocycles. The van der Waals surface area contributed by atoms with E-state index in [0.717, 1.165) is 16.7 Å². The maximum atomic E-state index is 11.9. The first kappa shape index (κ1) is 10.9. The molecule has 2 rings (SSSR count). The van der Waals surface area contributed by atoms with E-state index in [0.29, 0.717) is 6.54 Å². The fourth-order valence-corrected chi connectivity index (χ4v) is 2.17. The topological polar surface area (TPSA) is 29.1 Å². The molecular weight excluding hydrogens is 218 g/mol. The summed E-state index contributed by atoms with van der Waals surface area (Å²) in [6, 6.07) is 9.62. The summed E-state index contributed by atoms with van der Waals surface area (Å²) >= 11 is 1.64. The Kier molecular flexibility index (Phi) is 3.37. The van der Waals surface area contributed by atoms with E-state index in [1.54, 1.807) is 11.3 Å². The van der Waals surface area contributed by atoms with Gasteiger partial charge in [-0.2, -0.15) is 11.3 Å². The summed E-state index contributed by atoms with van der Waals surface area (Å²) in [4.78, 5) is 11.9. The Labute approximate surface area is 98.9 Å². The van der Waals surface area contributed by atoms with Gasteiger partial charge in [0.1, 0.15) is 0 Å². The average Bonchev–Trinajstić information content (AvgIpc) is 2.79. The van der Waals surface area contributed by atoms with E-state index in [1.165, 1.54) is 0 Å². The molecule has 2 aromatic rings. The van der Waals surface area contributed by atoms with E-state index in [9.17, 15) is 4.79 Å². The Morgan fingerprint density at radius 1 is 1.31 bits per heavy atom. The van der Waals surface area contributed by atoms with Gasteiger partial charge in [0, 0.05) is 12.1 Å². The molecule has 0 aliphatic heterocycles. The lowest BCUT2D eigenvalue weighted by Gasteiger charge is -2.06. The predicted molar refractivity (Wildman–Crippen MR) is 66.7 cm³/mol. The molecule has 1 aromatic carbocycles. The molecule has 0 saturated carbocycles. The highest BCUT2D eigenvalue weighted by molar-refractivity contribution is 7.07. The van der Waals surface area contributed by atoms with Crippen molar-refractivity contribution in [2.45, 2.75) is 13.5 Å². The van der Waals surface area contributed by atoms with Crippen LogP contribution in [0.1, 0.15) is 21.5 Å². The van der Waals surface area contributed by atoms with Gasteiger partial charge in [-0.3, -0.25) is 4.79 Å². The molecule has 0 bridgehead atoms. The molecule has 1 N–H and O–H groups in total. The largest absolute Gasteiger partial charge is 0.348 e. The van der Waals surface area contributed by atoms with Crippen molar-refractivity contribution in [2.75, 3.05) is 0 Å². The van der Waals surface area contributed by atoms with Gasteiger partial charge in [0.25, 0.3) is 5.91 Å². The standard InChI is InChI=1S/C13H13NOS/c1-10-4-2-3-5-12(10)13(15)14-8-11-6-7-16-9-11/h2-7,9H,8H2,1H3,(H,14,15). The molecule has 1 heterocycles. The molecule has 0 fully saturated rings. The molecule has 2 nitrogen and oxygen atoms in total. The second-order valence-corrected chi connectivity index (χ2v) is 4.41. The third-order valence-electron chi connectivity index (χ3n) is 2.42. The zero-order chi connectivity index (χ0) is 11.4. The van der Waals surface area contributed by atoms with Gasteiger partial charge in [-0.15, -0.1) is 0 Å². The van der Waals surface area contributed by atoms with E-state index in [-0.39, 0.29) is 5.91 Å². The van der Waals surface area contributed by atoms with Crippen LogP contribution in [-0.4, -0.2) is 5.91 Å². The van der Waals surface area contributed by atoms with Gasteiger partial charge >= 0.3 is 0 Å². The normalized spacial score (nSPS) is 10.1. The molecule has 82 valence electrons. The van der Waals surface area contributed by atoms with E-state index in [4.69, 9.17) is 0 Å². The summed E-state index contributed by atoms with van der Waals surface area (Å²) < 4.78 is 0. The van der Waals surface area contributed by atoms with Crippen LogP contribution in [0.4, 0.5) is 0 Å². The summed E-state index contributed by atoms with van der Waals surface area (Å²) in [5, 5.41) is 6.96. The molecule has 16 heavy (non-hydrogen) atoms. The number of carbonyl (C=O) groups excluding carboxylic acids is 1. The smallest absolute Gasteiger partial charge is 0.251 e. The maximum Gasteiger partial charge on any atom is 0.251 e. The van der Waals surface area contributed by atoms with Gasteiger partial charge in [0.05, 0.1) is 0 Å². The minimum absolute atomic E-state index is 0.00991. The van der Waals surface area contributed by atoms with Crippen molar-refractivity contribution in [1.82, 2.24) is 5.32 Å². The van der Waals surface area contributed by atoms with Crippen LogP contribution in [0.25, 0.3) is 0 Å². The van der Waals surface area contributed by atoms with Crippen LogP contribution >= 0.6 is 11.3 Å². The number of thiophene rings is 1. The van der Waals surface area contributed by atoms with Gasteiger partial charge in [0.15, 0.2) is 0 Å². The van der Waals surface area contributed by atoms with Gasteiger partial charge in [-0.1, -0.05) is 18.2 Å². The minimum atomic E-state index is -0.00991. The number of benzene rings is 1. The lowest BCUT2D eigenvalue weighted by Crippen LogP contribution is -2.23. The number of rotatable bonds is 3. The van der Waals surface area contributed by atoms with Gasteiger partial charge < -0.3 is 5.32 Å². The Bertz CT molecular complexity index is 476. The van der Waals surface area contributed by atoms with Crippen LogP contribution in [0.3, 0.4) is 0 Å². The maximum absolute atomic E-state index is 11.9. The SMILES string of the molecule is Cc1ccccc1C(=O)NCc1ccsc1. The van der Waals surface area contributed by atoms with Gasteiger partial charge in [0.2, 0.25) is 0 Å². The second-order valence-electron chi connectivity index (χ2n) is 3.63. The Morgan fingerprint density at radius 3 is 2.81 bits per heavy atom. The van der Waals surface area contributed by atoms with Crippen LogP contribution in [0, 0.1) is 6.92 Å². The zero-order valence-corrected chi connectivity index (χ0v) is 9.88. The third-order valence-corrected chi connectivity index (χ3v) is 3.15. The summed E-state index contributed by atoms with van der Waals surface area (Å²) in [5.41, 5.74) is 2.90. The highest BCUT2D eigenvalue weighted by atomic mass is 32.1. The van der Waals surface area contributed by atoms with Crippen LogP contribution in [0.5, 0.6) is 0 Å². The molecular formula is C13H13NOS. The van der Waals surface area contributed by atoms with Crippen LogP contribution in [0.2, 0.25) is 0 Å². The lowest BCUT2D eigenvalue weighted by atomic mass is 10.1. The molecule has 1 aromatic heterocycles. The fourth-order valence-electron chi connectivity index (χ4n) is 1.50. The molecule has 3 heteroatoms. The summed E-state index contributed by atoms with van der Waals surface area (Å²) in [6.45, 7) is 2.54. The van der Waals surface area contributed by atoms with Crippen molar-refractivity contribution >= 4 is 17.2 Å². The summed E-state index contributed by atoms with van der Waals surface area (Å²) in [6.07, 6.45) is 0. The van der Waals surface area contributed by atoms with Crippen LogP contribution in [-0.2, 0) is 6.54 Å². The number of amides is 1. The number of nitrogens with one attached hydrogen (secondary N) is 1. The lowest BCUT2D eigenvalue weighted by molar-refractivity contribution is 0.0950. The summed E-state index contributed by atoms with van der Waals surface area (Å²) in [7, 11) is 0. The van der Waals surface area contributed by atoms with Crippen molar-refractivity contribution in [2.24, 2.45) is 0 Å². The fraction of sp³-hybridized carbons (Fsp3) is 0.154. The van der Waals surface area contributed by atoms with Crippen molar-refractivity contribution < 1.29 is 4.79 Å². The number of aryl methyl sites for hydroxylation is 1. The van der Waals surface area contributed by atoms with E-state index < -0.39 is 0 Å². The molecule has 0 radical (unpaired) electrons. The predicted octanol–water partition coefficient (Wildman–Crippen LogP) is 2.99. The monoisotopic (exact) mass is 231 g/mol. The highest BCUT2D eigenvalue weighted by Crippen LogP contribution is 2.08. The van der Waals surface area contributed by atoms with Gasteiger partial charge in [-0.25, -0.2) is 0 Å². The molecule has 0 aliphatic rings. The van der Waals surface area contributed by atoms with Gasteiger partial charge in [-0.05, 0) is 40.9 Å². The minimum Gasteiger partial charge on any atom is -0.348 e. The number of carbonyl (C=O) groups is 1. The quantitative estimate of drug-likeness (QED) is 0.864. The van der Waals surface area contributed by atoms with Crippen molar-refractivity contribution in [3.63, 3.8) is 0 Å². The molecule has 1 amide bonds. The Hall–Kier alpha value is -1.61. The Balaban J connectivity index is 2.01. The molecule has 0 spiro atoms. The van der Waals surface area contributed by atoms with Crippen molar-refractivity contribution in [1.29, 1.82) is 0 Å². The number of hydrogen-bond acceptors (Lipinski definition) is 2. The molecule has 0 aliphatic carbocycles. The second kappa shape index (κ2) is 4.94. The van der Waals surface area contributed by atoms with E-state index in [1.807, 2.05) is 48.0 Å². The van der Waals surface area contributed by atoms with Crippen LogP contribution < -0.4 is 5.32 Å². The number of hydrogen-bond donors (Lipinski definition) is 1. The first-order valence-electron chi connectivity index (χ1n) is 5.12. The highest BCUT2D eigenvalue weighted by Gasteiger charge is 2.07. The van der Waals surface area contributed by atoms with Crippen molar-refractivity contribution in [3.8, 4) is 0 Å². The summed E-state index contributed by atoms with van der Waals surface area (Å²) in [5.74, 6) is -0.00991. The van der Waals surface area contributed by atoms with E-state index in [2.05, 4.69) is 5.32 Å². The first-order chi connectivity index (χ1) is 7.77. The molecule has 0 atom stereocenters. The Morgan fingerprint density at radius 2 is 2.12 bits per heavy atom.